The summed E-state index contributed by atoms with van der Waals surface area (Å²) in [6, 6.07) is 17.6. The van der Waals surface area contributed by atoms with E-state index in [1.807, 2.05) is 52.8 Å². The third kappa shape index (κ3) is 13.8. The molecule has 418 valence electrons. The van der Waals surface area contributed by atoms with Crippen molar-refractivity contribution in [2.24, 2.45) is 5.41 Å². The van der Waals surface area contributed by atoms with Crippen molar-refractivity contribution in [1.29, 1.82) is 0 Å². The number of carbonyl (C=O) groups is 2. The molecule has 0 bridgehead atoms. The molecular weight excluding hydrogens is 1030 g/mol. The molecule has 2 amide bonds. The first-order valence-corrected chi connectivity index (χ1v) is 25.8. The molecule has 0 aliphatic carbocycles. The molecule has 23 heteroatoms. The van der Waals surface area contributed by atoms with Gasteiger partial charge in [0, 0.05) is 50.4 Å². The molecule has 2 aromatic heterocycles. The summed E-state index contributed by atoms with van der Waals surface area (Å²) in [7, 11) is 0. The van der Waals surface area contributed by atoms with Crippen LogP contribution in [0, 0.1) is 15.5 Å². The summed E-state index contributed by atoms with van der Waals surface area (Å²) in [6.07, 6.45) is -5.11. The predicted molar refractivity (Wildman–Crippen MR) is 282 cm³/mol. The Morgan fingerprint density at radius 2 is 1.09 bits per heavy atom. The number of hydrogen-bond acceptors (Lipinski definition) is 14. The molecule has 4 atom stereocenters. The average Bonchev–Trinajstić information content (AvgIpc) is 3.60. The Hall–Kier alpha value is -7.40. The lowest BCUT2D eigenvalue weighted by Gasteiger charge is -2.41. The van der Waals surface area contributed by atoms with Gasteiger partial charge in [0.15, 0.2) is 0 Å². The van der Waals surface area contributed by atoms with Gasteiger partial charge in [-0.05, 0) is 115 Å². The molecule has 0 radical (unpaired) electrons. The summed E-state index contributed by atoms with van der Waals surface area (Å²) in [4.78, 5) is 53.1. The first-order chi connectivity index (χ1) is 37.1. The van der Waals surface area contributed by atoms with Gasteiger partial charge < -0.3 is 39.4 Å². The van der Waals surface area contributed by atoms with E-state index < -0.39 is 58.7 Å². The summed E-state index contributed by atoms with van der Waals surface area (Å²) >= 11 is 0. The Morgan fingerprint density at radius 3 is 1.46 bits per heavy atom. The predicted octanol–water partition coefficient (Wildman–Crippen LogP) is 12.4. The molecule has 78 heavy (non-hydrogen) atoms. The molecule has 3 aromatic carbocycles. The van der Waals surface area contributed by atoms with E-state index in [-0.39, 0.29) is 40.8 Å². The number of anilines is 6. The van der Waals surface area contributed by atoms with E-state index in [2.05, 4.69) is 30.4 Å². The molecule has 0 saturated carbocycles. The van der Waals surface area contributed by atoms with Gasteiger partial charge in [0.05, 0.1) is 96.3 Å². The number of amides is 2. The summed E-state index contributed by atoms with van der Waals surface area (Å²) in [5, 5.41) is 17.5. The highest BCUT2D eigenvalue weighted by Gasteiger charge is 2.42. The van der Waals surface area contributed by atoms with Crippen LogP contribution in [0.15, 0.2) is 97.3 Å². The number of morpholine rings is 2. The largest absolute Gasteiger partial charge is 0.449 e. The molecule has 2 N–H and O–H groups in total. The smallest absolute Gasteiger partial charge is 0.420 e. The molecule has 5 aromatic rings. The monoisotopic (exact) mass is 1090 g/mol. The van der Waals surface area contributed by atoms with Gasteiger partial charge in [-0.25, -0.2) is 19.6 Å². The minimum Gasteiger partial charge on any atom is -0.449 e. The standard InChI is InChI=1S/C28H28F3N5O5.C27H35F3N4O3/c1-2-19-16-24(33-26-10-6-21(17-32-26)34-11-13-40-14-12-34)23-15-18(28(29,30)31)3-9-25(23)35(19)27(37)41-22-7-4-20(5-8-22)36(38)39;1-5-19-15-22(32-24-9-7-20(16-31-24)33-10-12-36-13-11-33)21-14-18(27(28,29)30)6-8-23(21)34(19)25(35)37-17-26(2,3)4/h3-10,15,17,19,24H,2,11-14,16H2,1H3,(H,32,33);6-9,14,16,19,22H,5,10-13,15,17H2,1-4H3,(H,31,32)/t19-,24+;19-,22+/m11/s1. The molecule has 4 aliphatic rings. The Morgan fingerprint density at radius 1 is 0.654 bits per heavy atom. The summed E-state index contributed by atoms with van der Waals surface area (Å²) in [5.41, 5.74) is 1.28. The highest BCUT2D eigenvalue weighted by Crippen LogP contribution is 2.45. The minimum absolute atomic E-state index is 0.0775. The lowest BCUT2D eigenvalue weighted by Crippen LogP contribution is -2.47. The average molecular weight is 1090 g/mol. The third-order valence-corrected chi connectivity index (χ3v) is 13.8. The number of fused-ring (bicyclic) bond motifs is 2. The highest BCUT2D eigenvalue weighted by atomic mass is 19.4. The summed E-state index contributed by atoms with van der Waals surface area (Å²) in [6.45, 7) is 15.5. The van der Waals surface area contributed by atoms with Gasteiger partial charge in [0.25, 0.3) is 5.69 Å². The topological polar surface area (TPSA) is 177 Å². The van der Waals surface area contributed by atoms with Crippen LogP contribution < -0.4 is 35.0 Å². The summed E-state index contributed by atoms with van der Waals surface area (Å²) in [5.74, 6) is 1.13. The second-order valence-electron chi connectivity index (χ2n) is 20.5. The van der Waals surface area contributed by atoms with E-state index in [0.717, 1.165) is 61.8 Å². The number of rotatable bonds is 11. The number of aromatic nitrogens is 2. The van der Waals surface area contributed by atoms with Crippen molar-refractivity contribution in [2.45, 2.75) is 96.8 Å². The molecule has 6 heterocycles. The normalized spacial score (nSPS) is 19.6. The number of non-ortho nitro benzene ring substituents is 1. The van der Waals surface area contributed by atoms with Crippen LogP contribution in [-0.4, -0.2) is 98.4 Å². The van der Waals surface area contributed by atoms with Gasteiger partial charge in [0.2, 0.25) is 0 Å². The fraction of sp³-hybridized carbons (Fsp3) is 0.455. The zero-order chi connectivity index (χ0) is 55.9. The zero-order valence-corrected chi connectivity index (χ0v) is 43.9. The van der Waals surface area contributed by atoms with Crippen LogP contribution >= 0.6 is 0 Å². The van der Waals surface area contributed by atoms with Gasteiger partial charge in [-0.2, -0.15) is 26.3 Å². The molecule has 2 saturated heterocycles. The summed E-state index contributed by atoms with van der Waals surface area (Å²) < 4.78 is 104. The molecular formula is C55H63F6N9O8. The number of carbonyl (C=O) groups excluding carboxylic acids is 2. The van der Waals surface area contributed by atoms with E-state index in [4.69, 9.17) is 18.9 Å². The van der Waals surface area contributed by atoms with Gasteiger partial charge in [-0.3, -0.25) is 19.9 Å². The maximum absolute atomic E-state index is 13.7. The van der Waals surface area contributed by atoms with Crippen molar-refractivity contribution in [3.05, 3.63) is 130 Å². The van der Waals surface area contributed by atoms with Crippen LogP contribution in [0.5, 0.6) is 5.75 Å². The fourth-order valence-corrected chi connectivity index (χ4v) is 9.78. The molecule has 4 aliphatic heterocycles. The van der Waals surface area contributed by atoms with Crippen molar-refractivity contribution in [3.63, 3.8) is 0 Å². The number of benzene rings is 3. The van der Waals surface area contributed by atoms with E-state index >= 15 is 0 Å². The van der Waals surface area contributed by atoms with Crippen molar-refractivity contribution in [1.82, 2.24) is 9.97 Å². The SMILES string of the molecule is CC[C@@H]1C[C@H](Nc2ccc(N3CCOCC3)cn2)c2cc(C(F)(F)F)ccc2N1C(=O)OCC(C)(C)C.CC[C@@H]1C[C@H](Nc2ccc(N3CCOCC3)cn2)c2cc(C(F)(F)F)ccc2N1C(=O)Oc1ccc([N+](=O)[O-])cc1. The quantitative estimate of drug-likeness (QED) is 0.0725. The van der Waals surface area contributed by atoms with Gasteiger partial charge in [0.1, 0.15) is 17.4 Å². The lowest BCUT2D eigenvalue weighted by molar-refractivity contribution is -0.384. The van der Waals surface area contributed by atoms with E-state index in [0.29, 0.717) is 75.0 Å². The van der Waals surface area contributed by atoms with Crippen LogP contribution in [0.1, 0.15) is 94.6 Å². The van der Waals surface area contributed by atoms with E-state index in [1.54, 1.807) is 18.5 Å². The second-order valence-corrected chi connectivity index (χ2v) is 20.5. The fourth-order valence-electron chi connectivity index (χ4n) is 9.78. The van der Waals surface area contributed by atoms with Crippen LogP contribution in [0.4, 0.5) is 76.0 Å². The Bertz CT molecular complexity index is 2860. The van der Waals surface area contributed by atoms with Crippen LogP contribution in [0.3, 0.4) is 0 Å². The Labute approximate surface area is 447 Å². The van der Waals surface area contributed by atoms with Gasteiger partial charge in [-0.1, -0.05) is 34.6 Å². The highest BCUT2D eigenvalue weighted by molar-refractivity contribution is 5.92. The number of nitro groups is 1. The molecule has 9 rings (SSSR count). The number of ether oxygens (including phenoxy) is 4. The first kappa shape index (κ1) is 56.8. The molecule has 17 nitrogen and oxygen atoms in total. The van der Waals surface area contributed by atoms with Gasteiger partial charge in [-0.15, -0.1) is 0 Å². The Balaban J connectivity index is 0.000000207. The van der Waals surface area contributed by atoms with Crippen LogP contribution in [0.2, 0.25) is 0 Å². The maximum atomic E-state index is 13.7. The zero-order valence-electron chi connectivity index (χ0n) is 43.9. The number of alkyl halides is 6. The molecule has 0 unspecified atom stereocenters. The van der Waals surface area contributed by atoms with E-state index in [9.17, 15) is 46.0 Å². The van der Waals surface area contributed by atoms with Crippen molar-refractivity contribution in [2.75, 3.05) is 89.4 Å². The molecule has 0 spiro atoms. The number of pyridine rings is 2. The lowest BCUT2D eigenvalue weighted by atomic mass is 9.88. The molecule has 2 fully saturated rings. The van der Waals surface area contributed by atoms with Crippen LogP contribution in [-0.2, 0) is 26.6 Å². The maximum Gasteiger partial charge on any atom is 0.420 e. The first-order valence-electron chi connectivity index (χ1n) is 25.8. The van der Waals surface area contributed by atoms with Crippen molar-refractivity contribution < 1.29 is 59.8 Å². The number of nitrogens with zero attached hydrogens (tertiary/aromatic N) is 7. The number of hydrogen-bond donors (Lipinski definition) is 2. The third-order valence-electron chi connectivity index (χ3n) is 13.8. The number of nitro benzene ring substituents is 1. The van der Waals surface area contributed by atoms with Crippen molar-refractivity contribution in [3.8, 4) is 5.75 Å². The second kappa shape index (κ2) is 24.1. The minimum atomic E-state index is -4.58. The van der Waals surface area contributed by atoms with Crippen molar-refractivity contribution >= 4 is 52.3 Å². The van der Waals surface area contributed by atoms with E-state index in [1.165, 1.54) is 46.2 Å². The van der Waals surface area contributed by atoms with Crippen LogP contribution in [0.25, 0.3) is 0 Å². The van der Waals surface area contributed by atoms with Gasteiger partial charge >= 0.3 is 24.5 Å². The Kier molecular flexibility index (Phi) is 17.5. The number of nitrogens with one attached hydrogen (secondary N) is 2. The number of halogens is 6.